The fourth-order valence-electron chi connectivity index (χ4n) is 6.71. The van der Waals surface area contributed by atoms with Crippen molar-refractivity contribution < 1.29 is 48.3 Å². The first-order valence-electron chi connectivity index (χ1n) is 23.8. The summed E-state index contributed by atoms with van der Waals surface area (Å²) in [4.78, 5) is 132. The summed E-state index contributed by atoms with van der Waals surface area (Å²) in [5, 5.41) is 29.7. The van der Waals surface area contributed by atoms with Crippen molar-refractivity contribution in [2.24, 2.45) is 61.0 Å². The van der Waals surface area contributed by atoms with Gasteiger partial charge in [-0.1, -0.05) is 44.2 Å². The average Bonchev–Trinajstić information content (AvgIpc) is 3.35. The molecule has 420 valence electrons. The van der Waals surface area contributed by atoms with Crippen molar-refractivity contribution in [3.63, 3.8) is 0 Å². The van der Waals surface area contributed by atoms with E-state index in [-0.39, 0.29) is 106 Å². The van der Waals surface area contributed by atoms with Crippen LogP contribution in [-0.2, 0) is 49.6 Å². The Labute approximate surface area is 451 Å². The lowest BCUT2D eigenvalue weighted by atomic mass is 10.0. The number of benzene rings is 1. The van der Waals surface area contributed by atoms with Crippen molar-refractivity contribution in [2.75, 3.05) is 43.4 Å². The van der Waals surface area contributed by atoms with E-state index in [1.807, 2.05) is 0 Å². The molecule has 8 atom stereocenters. The number of nitrogens with zero attached hydrogens (tertiary/aromatic N) is 3. The Balaban J connectivity index is 3.27. The number of carboxylic acids is 1. The van der Waals surface area contributed by atoms with Crippen LogP contribution in [0.5, 0.6) is 0 Å². The highest BCUT2D eigenvalue weighted by Gasteiger charge is 2.33. The number of hydrogen-bond donors (Lipinski definition) is 19. The number of guanidine groups is 3. The second kappa shape index (κ2) is 36.3. The van der Waals surface area contributed by atoms with Crippen LogP contribution >= 0.6 is 37.9 Å². The van der Waals surface area contributed by atoms with Gasteiger partial charge in [0.2, 0.25) is 47.3 Å². The van der Waals surface area contributed by atoms with Gasteiger partial charge in [-0.05, 0) is 56.4 Å². The van der Waals surface area contributed by atoms with E-state index in [4.69, 9.17) is 40.1 Å². The molecule has 75 heavy (non-hydrogen) atoms. The molecule has 1 aromatic carbocycles. The summed E-state index contributed by atoms with van der Waals surface area (Å²) in [6, 6.07) is -1.67. The third-order valence-corrected chi connectivity index (χ3v) is 11.7. The van der Waals surface area contributed by atoms with Crippen LogP contribution in [0.15, 0.2) is 45.3 Å². The second-order valence-electron chi connectivity index (χ2n) is 17.4. The van der Waals surface area contributed by atoms with Crippen LogP contribution in [0, 0.1) is 5.92 Å². The first kappa shape index (κ1) is 66.3. The van der Waals surface area contributed by atoms with E-state index in [9.17, 15) is 48.3 Å². The Morgan fingerprint density at radius 3 is 1.37 bits per heavy atom. The Hall–Kier alpha value is -6.73. The number of aliphatic carboxylic acids is 1. The summed E-state index contributed by atoms with van der Waals surface area (Å²) < 4.78 is 0. The van der Waals surface area contributed by atoms with Gasteiger partial charge in [-0.2, -0.15) is 37.9 Å². The van der Waals surface area contributed by atoms with Gasteiger partial charge in [0.05, 0.1) is 12.6 Å². The second-order valence-corrected chi connectivity index (χ2v) is 18.5. The molecule has 1 aromatic rings. The third-order valence-electron chi connectivity index (χ3n) is 10.6. The molecule has 8 amide bonds. The largest absolute Gasteiger partial charge is 0.480 e. The first-order valence-corrected chi connectivity index (χ1v) is 25.7. The van der Waals surface area contributed by atoms with Crippen molar-refractivity contribution in [3.8, 4) is 0 Å². The molecular weight excluding hydrogens is 1040 g/mol. The maximum atomic E-state index is 14.0. The smallest absolute Gasteiger partial charge is 0.327 e. The summed E-state index contributed by atoms with van der Waals surface area (Å²) in [6.45, 7) is 3.17. The molecule has 0 spiro atoms. The Kier molecular flexibility index (Phi) is 32.0. The van der Waals surface area contributed by atoms with Gasteiger partial charge in [0, 0.05) is 43.3 Å². The minimum atomic E-state index is -1.39. The minimum absolute atomic E-state index is 0.0313. The molecule has 0 aliphatic heterocycles. The quantitative estimate of drug-likeness (QED) is 0.0129. The van der Waals surface area contributed by atoms with Gasteiger partial charge in [-0.15, -0.1) is 0 Å². The Morgan fingerprint density at radius 2 is 0.893 bits per heavy atom. The molecule has 28 nitrogen and oxygen atoms in total. The molecule has 0 aromatic heterocycles. The van der Waals surface area contributed by atoms with Crippen molar-refractivity contribution in [3.05, 3.63) is 35.9 Å². The molecule has 23 N–H and O–H groups in total. The number of carbonyl (C=O) groups excluding carboxylic acids is 8. The maximum absolute atomic E-state index is 14.0. The van der Waals surface area contributed by atoms with Gasteiger partial charge >= 0.3 is 5.97 Å². The lowest BCUT2D eigenvalue weighted by Gasteiger charge is -2.26. The van der Waals surface area contributed by atoms with E-state index in [2.05, 4.69) is 95.4 Å². The van der Waals surface area contributed by atoms with Gasteiger partial charge < -0.3 is 87.8 Å². The zero-order valence-electron chi connectivity index (χ0n) is 42.0. The average molecular weight is 1110 g/mol. The summed E-state index contributed by atoms with van der Waals surface area (Å²) in [6.07, 6.45) is 0.724. The van der Waals surface area contributed by atoms with Crippen LogP contribution in [0.25, 0.3) is 0 Å². The number of carboxylic acid groups (broad SMARTS) is 1. The summed E-state index contributed by atoms with van der Waals surface area (Å²) in [5.41, 5.74) is 39.1. The Bertz CT molecular complexity index is 2130. The molecule has 0 fully saturated rings. The zero-order chi connectivity index (χ0) is 56.6. The minimum Gasteiger partial charge on any atom is -0.480 e. The van der Waals surface area contributed by atoms with Crippen LogP contribution in [-0.4, -0.2) is 168 Å². The molecule has 0 radical (unpaired) electrons. The van der Waals surface area contributed by atoms with Gasteiger partial charge in [0.1, 0.15) is 42.3 Å². The van der Waals surface area contributed by atoms with Crippen molar-refractivity contribution in [1.29, 1.82) is 0 Å². The molecule has 0 saturated carbocycles. The van der Waals surface area contributed by atoms with E-state index < -0.39 is 108 Å². The lowest BCUT2D eigenvalue weighted by molar-refractivity contribution is -0.141. The number of carbonyl (C=O) groups is 9. The van der Waals surface area contributed by atoms with Crippen LogP contribution in [0.2, 0.25) is 0 Å². The van der Waals surface area contributed by atoms with E-state index >= 15 is 0 Å². The molecule has 31 heteroatoms. The fourth-order valence-corrected chi connectivity index (χ4v) is 7.47. The number of aliphatic imine (C=N–C) groups is 3. The van der Waals surface area contributed by atoms with Crippen molar-refractivity contribution in [1.82, 2.24) is 42.5 Å². The summed E-state index contributed by atoms with van der Waals surface area (Å²) >= 11 is 12.4. The number of thiol groups is 3. The topological polar surface area (TPSA) is 489 Å². The number of amides is 8. The van der Waals surface area contributed by atoms with E-state index in [0.717, 1.165) is 0 Å². The molecule has 0 aliphatic carbocycles. The molecule has 0 saturated heterocycles. The highest BCUT2D eigenvalue weighted by atomic mass is 32.1. The fraction of sp³-hybridized carbons (Fsp3) is 0.591. The monoisotopic (exact) mass is 1110 g/mol. The van der Waals surface area contributed by atoms with Crippen LogP contribution in [0.3, 0.4) is 0 Å². The van der Waals surface area contributed by atoms with Crippen molar-refractivity contribution in [2.45, 2.75) is 114 Å². The van der Waals surface area contributed by atoms with Gasteiger partial charge in [0.25, 0.3) is 0 Å². The number of nitrogens with one attached hydrogen (secondary N) is 8. The highest BCUT2D eigenvalue weighted by molar-refractivity contribution is 7.80. The van der Waals surface area contributed by atoms with E-state index in [1.54, 1.807) is 44.2 Å². The molecule has 1 rings (SSSR count). The molecule has 0 bridgehead atoms. The zero-order valence-corrected chi connectivity index (χ0v) is 44.7. The molecular formula is C44H76N18O10S3. The number of rotatable bonds is 36. The number of nitrogens with two attached hydrogens (primary N) is 7. The van der Waals surface area contributed by atoms with Gasteiger partial charge in [-0.25, -0.2) is 4.79 Å². The highest BCUT2D eigenvalue weighted by Crippen LogP contribution is 2.10. The van der Waals surface area contributed by atoms with E-state index in [1.165, 1.54) is 0 Å². The van der Waals surface area contributed by atoms with Crippen molar-refractivity contribution >= 4 is 109 Å². The molecule has 0 heterocycles. The lowest BCUT2D eigenvalue weighted by Crippen LogP contribution is -2.59. The SMILES string of the molecule is CC(C)C[C@H](NC(=O)[C@H](CS)NC(=O)[C@@H](N)CCCN=C(N)N)C(=O)N[C@@H](CS)C(=O)NCC(=O)N[C@@H](CCCN=C(N)N)C(=O)N[C@@H](CCCN=C(N)N)C(=O)N[C@@H](Cc1ccccc1)C(=O)N[C@@H](CS)C(=O)O. The van der Waals surface area contributed by atoms with Gasteiger partial charge in [0.15, 0.2) is 17.9 Å². The molecule has 0 unspecified atom stereocenters. The Morgan fingerprint density at radius 1 is 0.507 bits per heavy atom. The van der Waals surface area contributed by atoms with Crippen LogP contribution in [0.1, 0.15) is 64.4 Å². The summed E-state index contributed by atoms with van der Waals surface area (Å²) in [5.74, 6) is -9.22. The first-order chi connectivity index (χ1) is 35.4. The summed E-state index contributed by atoms with van der Waals surface area (Å²) in [7, 11) is 0. The normalized spacial score (nSPS) is 14.0. The standard InChI is InChI=1S/C44H76N18O10S3/c1-23(2)17-28(58-40(70)31(21-74)60-34(64)25(45)11-6-14-52-42(46)47)38(68)61-30(20-73)35(65)55-19-33(63)56-26(12-7-15-53-43(48)49)36(66)57-27(13-8-16-54-44(50)51)37(67)59-29(18-24-9-4-3-5-10-24)39(69)62-32(22-75)41(71)72/h3-5,9-10,23,25-32,73-75H,6-8,11-22,45H2,1-2H3,(H,55,65)(H,56,63)(H,57,66)(H,58,70)(H,59,67)(H,60,64)(H,61,68)(H,62,69)(H,71,72)(H4,46,47,52)(H4,48,49,53)(H4,50,51,54)/t25-,26-,27-,28-,29-,30-,31-,32-/m0/s1. The third kappa shape index (κ3) is 27.9. The van der Waals surface area contributed by atoms with Crippen LogP contribution in [0.4, 0.5) is 0 Å². The maximum Gasteiger partial charge on any atom is 0.327 e. The predicted octanol–water partition coefficient (Wildman–Crippen LogP) is -5.85. The van der Waals surface area contributed by atoms with Gasteiger partial charge in [-0.3, -0.25) is 53.3 Å². The predicted molar refractivity (Wildman–Crippen MR) is 293 cm³/mol. The van der Waals surface area contributed by atoms with Crippen LogP contribution < -0.4 is 82.7 Å². The molecule has 0 aliphatic rings. The number of hydrogen-bond acceptors (Lipinski definition) is 16. The van der Waals surface area contributed by atoms with E-state index in [0.29, 0.717) is 12.0 Å².